The van der Waals surface area contributed by atoms with Gasteiger partial charge in [-0.3, -0.25) is 4.68 Å². The van der Waals surface area contributed by atoms with Crippen LogP contribution in [0.5, 0.6) is 0 Å². The predicted molar refractivity (Wildman–Crippen MR) is 53.0 cm³/mol. The molecule has 0 radical (unpaired) electrons. The fourth-order valence-corrected chi connectivity index (χ4v) is 1.94. The third-order valence-electron chi connectivity index (χ3n) is 1.85. The molecule has 1 aromatic rings. The Bertz CT molecular complexity index is 268. The minimum absolute atomic E-state index is 0.851. The molecule has 0 aliphatic carbocycles. The highest BCUT2D eigenvalue weighted by molar-refractivity contribution is 9.10. The molecule has 0 bridgehead atoms. The zero-order valence-electron chi connectivity index (χ0n) is 7.69. The number of nitrogens with zero attached hydrogens (tertiary/aromatic N) is 2. The van der Waals surface area contributed by atoms with Crippen molar-refractivity contribution in [2.24, 2.45) is 7.05 Å². The molecule has 0 aliphatic heterocycles. The molecule has 0 aliphatic rings. The summed E-state index contributed by atoms with van der Waals surface area (Å²) in [6, 6.07) is 0. The molecule has 0 atom stereocenters. The van der Waals surface area contributed by atoms with Crippen molar-refractivity contribution in [1.29, 1.82) is 0 Å². The van der Waals surface area contributed by atoms with E-state index in [9.17, 15) is 0 Å². The van der Waals surface area contributed by atoms with Gasteiger partial charge in [0.15, 0.2) is 0 Å². The van der Waals surface area contributed by atoms with E-state index in [1.54, 1.807) is 0 Å². The monoisotopic (exact) mass is 231 g/mol. The van der Waals surface area contributed by atoms with Crippen molar-refractivity contribution in [3.8, 4) is 0 Å². The maximum Gasteiger partial charge on any atom is 0.0767 e. The lowest BCUT2D eigenvalue weighted by Gasteiger charge is -1.99. The molecule has 0 unspecified atom stereocenters. The summed E-state index contributed by atoms with van der Waals surface area (Å²) in [6.07, 6.45) is 0.970. The van der Waals surface area contributed by atoms with Crippen LogP contribution in [-0.2, 0) is 20.0 Å². The normalized spacial score (nSPS) is 10.7. The molecule has 0 saturated carbocycles. The molecular formula is C8H14BrN3. The van der Waals surface area contributed by atoms with Gasteiger partial charge in [0, 0.05) is 13.6 Å². The second-order valence-electron chi connectivity index (χ2n) is 2.71. The highest BCUT2D eigenvalue weighted by Gasteiger charge is 2.10. The van der Waals surface area contributed by atoms with E-state index < -0.39 is 0 Å². The Morgan fingerprint density at radius 1 is 1.58 bits per heavy atom. The fraction of sp³-hybridized carbons (Fsp3) is 0.625. The molecule has 0 saturated heterocycles. The molecule has 0 aromatic carbocycles. The van der Waals surface area contributed by atoms with Crippen molar-refractivity contribution in [2.75, 3.05) is 7.05 Å². The zero-order chi connectivity index (χ0) is 9.14. The number of aromatic nitrogens is 2. The summed E-state index contributed by atoms with van der Waals surface area (Å²) in [5, 5.41) is 7.49. The average Bonchev–Trinajstić information content (AvgIpc) is 2.32. The topological polar surface area (TPSA) is 29.9 Å². The highest BCUT2D eigenvalue weighted by atomic mass is 79.9. The summed E-state index contributed by atoms with van der Waals surface area (Å²) >= 11 is 3.54. The van der Waals surface area contributed by atoms with Crippen molar-refractivity contribution in [2.45, 2.75) is 19.9 Å². The molecule has 0 amide bonds. The molecule has 0 fully saturated rings. The molecule has 1 heterocycles. The van der Waals surface area contributed by atoms with Crippen molar-refractivity contribution in [3.63, 3.8) is 0 Å². The van der Waals surface area contributed by atoms with Crippen molar-refractivity contribution in [1.82, 2.24) is 15.1 Å². The van der Waals surface area contributed by atoms with Crippen molar-refractivity contribution < 1.29 is 0 Å². The first-order chi connectivity index (χ1) is 5.70. The van der Waals surface area contributed by atoms with Gasteiger partial charge in [-0.1, -0.05) is 6.92 Å². The van der Waals surface area contributed by atoms with E-state index in [1.165, 1.54) is 5.69 Å². The third-order valence-corrected chi connectivity index (χ3v) is 2.76. The highest BCUT2D eigenvalue weighted by Crippen LogP contribution is 2.20. The summed E-state index contributed by atoms with van der Waals surface area (Å²) in [5.74, 6) is 0. The van der Waals surface area contributed by atoms with Crippen LogP contribution >= 0.6 is 15.9 Å². The smallest absolute Gasteiger partial charge is 0.0767 e. The van der Waals surface area contributed by atoms with Gasteiger partial charge in [-0.05, 0) is 29.4 Å². The van der Waals surface area contributed by atoms with Crippen LogP contribution in [0.3, 0.4) is 0 Å². The summed E-state index contributed by atoms with van der Waals surface area (Å²) in [4.78, 5) is 0. The van der Waals surface area contributed by atoms with Crippen LogP contribution in [0, 0.1) is 0 Å². The third kappa shape index (κ3) is 1.69. The van der Waals surface area contributed by atoms with E-state index in [4.69, 9.17) is 0 Å². The van der Waals surface area contributed by atoms with E-state index in [-0.39, 0.29) is 0 Å². The first-order valence-corrected chi connectivity index (χ1v) is 4.84. The van der Waals surface area contributed by atoms with Crippen LogP contribution in [0.2, 0.25) is 0 Å². The van der Waals surface area contributed by atoms with E-state index >= 15 is 0 Å². The Hall–Kier alpha value is -0.350. The summed E-state index contributed by atoms with van der Waals surface area (Å²) in [7, 11) is 3.90. The van der Waals surface area contributed by atoms with E-state index in [0.717, 1.165) is 23.1 Å². The lowest BCUT2D eigenvalue weighted by molar-refractivity contribution is 0.664. The lowest BCUT2D eigenvalue weighted by atomic mass is 10.3. The lowest BCUT2D eigenvalue weighted by Crippen LogP contribution is -2.10. The van der Waals surface area contributed by atoms with E-state index in [2.05, 4.69) is 33.3 Å². The molecular weight excluding hydrogens is 218 g/mol. The summed E-state index contributed by atoms with van der Waals surface area (Å²) < 4.78 is 3.06. The van der Waals surface area contributed by atoms with Gasteiger partial charge in [-0.25, -0.2) is 0 Å². The second-order valence-corrected chi connectivity index (χ2v) is 3.51. The number of hydrogen-bond acceptors (Lipinski definition) is 2. The molecule has 4 heteroatoms. The molecule has 68 valence electrons. The Morgan fingerprint density at radius 3 is 2.67 bits per heavy atom. The quantitative estimate of drug-likeness (QED) is 0.855. The molecule has 1 N–H and O–H groups in total. The Morgan fingerprint density at radius 2 is 2.25 bits per heavy atom. The SMILES string of the molecule is CCc1nn(C)c(CNC)c1Br. The predicted octanol–water partition coefficient (Wildman–Crippen LogP) is 1.46. The maximum atomic E-state index is 4.38. The van der Waals surface area contributed by atoms with Gasteiger partial charge in [0.25, 0.3) is 0 Å². The standard InChI is InChI=1S/C8H14BrN3/c1-4-6-8(9)7(5-10-2)12(3)11-6/h10H,4-5H2,1-3H3. The largest absolute Gasteiger partial charge is 0.314 e. The Balaban J connectivity index is 3.01. The number of hydrogen-bond donors (Lipinski definition) is 1. The van der Waals surface area contributed by atoms with Crippen molar-refractivity contribution >= 4 is 15.9 Å². The Kier molecular flexibility index (Phi) is 3.29. The molecule has 1 aromatic heterocycles. The Labute approximate surface area is 81.3 Å². The van der Waals surface area contributed by atoms with Gasteiger partial charge in [-0.2, -0.15) is 5.10 Å². The fourth-order valence-electron chi connectivity index (χ4n) is 1.18. The van der Waals surface area contributed by atoms with E-state index in [0.29, 0.717) is 0 Å². The number of halogens is 1. The van der Waals surface area contributed by atoms with Gasteiger partial charge in [0.05, 0.1) is 15.9 Å². The summed E-state index contributed by atoms with van der Waals surface area (Å²) in [6.45, 7) is 2.96. The number of aryl methyl sites for hydroxylation is 2. The molecule has 1 rings (SSSR count). The van der Waals surface area contributed by atoms with Crippen molar-refractivity contribution in [3.05, 3.63) is 15.9 Å². The van der Waals surface area contributed by atoms with Crippen LogP contribution in [-0.4, -0.2) is 16.8 Å². The minimum Gasteiger partial charge on any atom is -0.314 e. The zero-order valence-corrected chi connectivity index (χ0v) is 9.27. The van der Waals surface area contributed by atoms with Gasteiger partial charge < -0.3 is 5.32 Å². The van der Waals surface area contributed by atoms with E-state index in [1.807, 2.05) is 18.8 Å². The molecule has 12 heavy (non-hydrogen) atoms. The molecule has 0 spiro atoms. The van der Waals surface area contributed by atoms with Crippen LogP contribution in [0.4, 0.5) is 0 Å². The maximum absolute atomic E-state index is 4.38. The first-order valence-electron chi connectivity index (χ1n) is 4.05. The number of rotatable bonds is 3. The van der Waals surface area contributed by atoms with Crippen LogP contribution in [0.15, 0.2) is 4.47 Å². The van der Waals surface area contributed by atoms with Gasteiger partial charge in [-0.15, -0.1) is 0 Å². The summed E-state index contributed by atoms with van der Waals surface area (Å²) in [5.41, 5.74) is 2.33. The van der Waals surface area contributed by atoms with Gasteiger partial charge >= 0.3 is 0 Å². The van der Waals surface area contributed by atoms with Gasteiger partial charge in [0.1, 0.15) is 0 Å². The number of nitrogens with one attached hydrogen (secondary N) is 1. The van der Waals surface area contributed by atoms with Crippen LogP contribution in [0.1, 0.15) is 18.3 Å². The van der Waals surface area contributed by atoms with Crippen LogP contribution < -0.4 is 5.32 Å². The minimum atomic E-state index is 0.851. The van der Waals surface area contributed by atoms with Gasteiger partial charge in [0.2, 0.25) is 0 Å². The second kappa shape index (κ2) is 4.05. The first kappa shape index (κ1) is 9.74. The molecule has 3 nitrogen and oxygen atoms in total. The average molecular weight is 232 g/mol. The van der Waals surface area contributed by atoms with Crippen LogP contribution in [0.25, 0.3) is 0 Å².